The lowest BCUT2D eigenvalue weighted by Gasteiger charge is -2.29. The first-order chi connectivity index (χ1) is 15.3. The van der Waals surface area contributed by atoms with Crippen molar-refractivity contribution in [2.75, 3.05) is 6.54 Å². The van der Waals surface area contributed by atoms with E-state index in [2.05, 4.69) is 10.5 Å². The minimum Gasteiger partial charge on any atom is -0.374 e. The van der Waals surface area contributed by atoms with E-state index in [-0.39, 0.29) is 27.9 Å². The molecular formula is C20H15Cl2F6N3O2. The summed E-state index contributed by atoms with van der Waals surface area (Å²) in [6, 6.07) is 8.41. The zero-order valence-corrected chi connectivity index (χ0v) is 18.0. The Morgan fingerprint density at radius 2 is 1.61 bits per heavy atom. The van der Waals surface area contributed by atoms with E-state index >= 15 is 0 Å². The van der Waals surface area contributed by atoms with Crippen molar-refractivity contribution in [2.24, 2.45) is 5.16 Å². The van der Waals surface area contributed by atoms with Crippen LogP contribution in [0.4, 0.5) is 31.1 Å². The molecule has 0 bridgehead atoms. The molecule has 0 saturated carbocycles. The predicted molar refractivity (Wildman–Crippen MR) is 109 cm³/mol. The van der Waals surface area contributed by atoms with Gasteiger partial charge in [0.25, 0.3) is 5.60 Å². The SMILES string of the molecule is O=C(NCc1ccc(C2=NOC(c3cc(Cl)cc(Cl)c3)(C(F)(F)F)C2)cc1)NCC(F)(F)F. The molecular weight excluding hydrogens is 499 g/mol. The largest absolute Gasteiger partial charge is 0.435 e. The number of benzene rings is 2. The van der Waals surface area contributed by atoms with Gasteiger partial charge in [-0.15, -0.1) is 0 Å². The number of carbonyl (C=O) groups excluding carboxylic acids is 1. The van der Waals surface area contributed by atoms with Gasteiger partial charge in [0.15, 0.2) is 0 Å². The second-order valence-corrected chi connectivity index (χ2v) is 8.01. The van der Waals surface area contributed by atoms with Crippen molar-refractivity contribution in [1.29, 1.82) is 0 Å². The molecule has 33 heavy (non-hydrogen) atoms. The number of rotatable bonds is 5. The Morgan fingerprint density at radius 3 is 2.15 bits per heavy atom. The van der Waals surface area contributed by atoms with E-state index in [1.54, 1.807) is 5.32 Å². The Bertz CT molecular complexity index is 1040. The molecule has 1 atom stereocenters. The lowest BCUT2D eigenvalue weighted by atomic mass is 9.86. The van der Waals surface area contributed by atoms with E-state index in [4.69, 9.17) is 28.0 Å². The van der Waals surface area contributed by atoms with Gasteiger partial charge in [0.2, 0.25) is 0 Å². The molecule has 2 N–H and O–H groups in total. The molecule has 3 rings (SSSR count). The molecule has 178 valence electrons. The number of alkyl halides is 6. The van der Waals surface area contributed by atoms with E-state index in [1.807, 2.05) is 0 Å². The van der Waals surface area contributed by atoms with Gasteiger partial charge in [0, 0.05) is 28.6 Å². The first-order valence-corrected chi connectivity index (χ1v) is 10.0. The molecule has 1 aliphatic heterocycles. The molecule has 13 heteroatoms. The average molecular weight is 514 g/mol. The first kappa shape index (κ1) is 25.0. The normalized spacial score (nSPS) is 18.5. The summed E-state index contributed by atoms with van der Waals surface area (Å²) in [7, 11) is 0. The van der Waals surface area contributed by atoms with Crippen LogP contribution >= 0.6 is 23.2 Å². The zero-order chi connectivity index (χ0) is 24.4. The van der Waals surface area contributed by atoms with E-state index in [0.29, 0.717) is 11.1 Å². The molecule has 0 aromatic heterocycles. The van der Waals surface area contributed by atoms with Gasteiger partial charge in [-0.05, 0) is 29.3 Å². The standard InChI is InChI=1S/C20H15Cl2F6N3O2/c21-14-5-13(6-15(22)7-14)18(20(26,27)28)8-16(31-33-18)12-3-1-11(2-4-12)9-29-17(32)30-10-19(23,24)25/h1-7H,8-10H2,(H2,29,30,32). The summed E-state index contributed by atoms with van der Waals surface area (Å²) in [4.78, 5) is 16.3. The first-order valence-electron chi connectivity index (χ1n) is 9.25. The maximum absolute atomic E-state index is 14.0. The van der Waals surface area contributed by atoms with Crippen LogP contribution in [0.25, 0.3) is 0 Å². The van der Waals surface area contributed by atoms with Crippen LogP contribution in [0.2, 0.25) is 10.0 Å². The Labute approximate surface area is 193 Å². The van der Waals surface area contributed by atoms with Gasteiger partial charge >= 0.3 is 18.4 Å². The highest BCUT2D eigenvalue weighted by Gasteiger charge is 2.62. The molecule has 1 aliphatic rings. The highest BCUT2D eigenvalue weighted by molar-refractivity contribution is 6.34. The van der Waals surface area contributed by atoms with Gasteiger partial charge < -0.3 is 15.5 Å². The molecule has 2 aromatic rings. The number of urea groups is 1. The molecule has 0 spiro atoms. The van der Waals surface area contributed by atoms with Crippen LogP contribution in [-0.4, -0.2) is 30.6 Å². The molecule has 5 nitrogen and oxygen atoms in total. The Morgan fingerprint density at radius 1 is 1.00 bits per heavy atom. The number of nitrogens with one attached hydrogen (secondary N) is 2. The Hall–Kier alpha value is -2.66. The summed E-state index contributed by atoms with van der Waals surface area (Å²) < 4.78 is 78.4. The smallest absolute Gasteiger partial charge is 0.374 e. The molecule has 0 saturated heterocycles. The molecule has 2 amide bonds. The lowest BCUT2D eigenvalue weighted by Crippen LogP contribution is -2.42. The van der Waals surface area contributed by atoms with Gasteiger partial charge in [-0.25, -0.2) is 4.79 Å². The maximum atomic E-state index is 14.0. The van der Waals surface area contributed by atoms with Crippen molar-refractivity contribution in [3.05, 3.63) is 69.2 Å². The number of amides is 2. The Kier molecular flexibility index (Phi) is 7.04. The topological polar surface area (TPSA) is 62.7 Å². The number of hydrogen-bond donors (Lipinski definition) is 2. The van der Waals surface area contributed by atoms with Crippen LogP contribution in [-0.2, 0) is 17.0 Å². The van der Waals surface area contributed by atoms with Gasteiger partial charge in [0.05, 0.1) is 5.71 Å². The number of oxime groups is 1. The molecule has 1 heterocycles. The van der Waals surface area contributed by atoms with Crippen LogP contribution in [0.15, 0.2) is 47.6 Å². The van der Waals surface area contributed by atoms with Crippen LogP contribution in [0.3, 0.4) is 0 Å². The minimum absolute atomic E-state index is 0.00861. The molecule has 1 unspecified atom stereocenters. The monoisotopic (exact) mass is 513 g/mol. The third-order valence-corrected chi connectivity index (χ3v) is 5.14. The van der Waals surface area contributed by atoms with Crippen LogP contribution in [0, 0.1) is 0 Å². The molecule has 2 aromatic carbocycles. The van der Waals surface area contributed by atoms with Gasteiger partial charge in [0.1, 0.15) is 6.54 Å². The fraction of sp³-hybridized carbons (Fsp3) is 0.300. The summed E-state index contributed by atoms with van der Waals surface area (Å²) >= 11 is 11.7. The molecule has 0 fully saturated rings. The molecule has 0 aliphatic carbocycles. The predicted octanol–water partition coefficient (Wildman–Crippen LogP) is 5.94. The summed E-state index contributed by atoms with van der Waals surface area (Å²) in [5.74, 6) is 0. The zero-order valence-electron chi connectivity index (χ0n) is 16.5. The highest BCUT2D eigenvalue weighted by atomic mass is 35.5. The van der Waals surface area contributed by atoms with E-state index in [0.717, 1.165) is 12.1 Å². The number of halogens is 8. The van der Waals surface area contributed by atoms with Crippen molar-refractivity contribution in [1.82, 2.24) is 10.6 Å². The van der Waals surface area contributed by atoms with Crippen molar-refractivity contribution in [2.45, 2.75) is 30.9 Å². The number of nitrogens with zero attached hydrogens (tertiary/aromatic N) is 1. The summed E-state index contributed by atoms with van der Waals surface area (Å²) in [5, 5.41) is 7.56. The maximum Gasteiger partial charge on any atom is 0.435 e. The second-order valence-electron chi connectivity index (χ2n) is 7.14. The number of carbonyl (C=O) groups is 1. The quantitative estimate of drug-likeness (QED) is 0.486. The van der Waals surface area contributed by atoms with Crippen molar-refractivity contribution >= 4 is 34.9 Å². The van der Waals surface area contributed by atoms with Crippen molar-refractivity contribution in [3.8, 4) is 0 Å². The van der Waals surface area contributed by atoms with Gasteiger partial charge in [-0.1, -0.05) is 52.6 Å². The van der Waals surface area contributed by atoms with E-state index in [9.17, 15) is 31.1 Å². The highest BCUT2D eigenvalue weighted by Crippen LogP contribution is 2.49. The van der Waals surface area contributed by atoms with Crippen molar-refractivity contribution < 1.29 is 36.0 Å². The molecule has 0 radical (unpaired) electrons. The van der Waals surface area contributed by atoms with Crippen LogP contribution < -0.4 is 10.6 Å². The van der Waals surface area contributed by atoms with E-state index < -0.39 is 37.0 Å². The van der Waals surface area contributed by atoms with Gasteiger partial charge in [-0.2, -0.15) is 26.3 Å². The van der Waals surface area contributed by atoms with E-state index in [1.165, 1.54) is 30.3 Å². The van der Waals surface area contributed by atoms with Gasteiger partial charge in [-0.3, -0.25) is 0 Å². The lowest BCUT2D eigenvalue weighted by molar-refractivity contribution is -0.275. The average Bonchev–Trinajstić information content (AvgIpc) is 3.17. The Balaban J connectivity index is 1.70. The van der Waals surface area contributed by atoms with Crippen LogP contribution in [0.5, 0.6) is 0 Å². The minimum atomic E-state index is -4.83. The summed E-state index contributed by atoms with van der Waals surface area (Å²) in [5.41, 5.74) is -2.21. The summed E-state index contributed by atoms with van der Waals surface area (Å²) in [6.45, 7) is -1.57. The second kappa shape index (κ2) is 9.30. The number of hydrogen-bond acceptors (Lipinski definition) is 3. The fourth-order valence-electron chi connectivity index (χ4n) is 3.09. The fourth-order valence-corrected chi connectivity index (χ4v) is 3.61. The van der Waals surface area contributed by atoms with Crippen molar-refractivity contribution in [3.63, 3.8) is 0 Å². The third-order valence-electron chi connectivity index (χ3n) is 4.70. The van der Waals surface area contributed by atoms with Crippen LogP contribution in [0.1, 0.15) is 23.1 Å². The summed E-state index contributed by atoms with van der Waals surface area (Å²) in [6.07, 6.45) is -10.0. The third kappa shape index (κ3) is 6.02.